The molecule has 0 atom stereocenters. The van der Waals surface area contributed by atoms with Crippen LogP contribution in [0.1, 0.15) is 32.0 Å². The third-order valence-electron chi connectivity index (χ3n) is 8.05. The predicted octanol–water partition coefficient (Wildman–Crippen LogP) is 4.58. The summed E-state index contributed by atoms with van der Waals surface area (Å²) in [7, 11) is 2.02. The highest BCUT2D eigenvalue weighted by atomic mass is 16.3. The lowest BCUT2D eigenvalue weighted by Crippen LogP contribution is -2.49. The zero-order valence-corrected chi connectivity index (χ0v) is 24.3. The molecule has 9 heteroatoms. The fourth-order valence-electron chi connectivity index (χ4n) is 5.73. The van der Waals surface area contributed by atoms with Crippen LogP contribution in [0.5, 0.6) is 5.75 Å². The lowest BCUT2D eigenvalue weighted by atomic mass is 10.0. The van der Waals surface area contributed by atoms with Crippen LogP contribution < -0.4 is 10.2 Å². The molecule has 0 radical (unpaired) electrons. The van der Waals surface area contributed by atoms with Gasteiger partial charge in [0.15, 0.2) is 0 Å². The van der Waals surface area contributed by atoms with Gasteiger partial charge in [0.05, 0.1) is 23.7 Å². The normalized spacial score (nSPS) is 13.3. The van der Waals surface area contributed by atoms with Crippen molar-refractivity contribution < 1.29 is 14.7 Å². The van der Waals surface area contributed by atoms with Gasteiger partial charge in [-0.15, -0.1) is 0 Å². The summed E-state index contributed by atoms with van der Waals surface area (Å²) in [6, 6.07) is 23.4. The molecule has 43 heavy (non-hydrogen) atoms. The molecule has 3 aromatic carbocycles. The smallest absolute Gasteiger partial charge is 0.271 e. The fourth-order valence-corrected chi connectivity index (χ4v) is 5.73. The second-order valence-electron chi connectivity index (χ2n) is 10.8. The Bertz CT molecular complexity index is 1770. The summed E-state index contributed by atoms with van der Waals surface area (Å²) in [5.41, 5.74) is 5.82. The first-order chi connectivity index (χ1) is 20.9. The lowest BCUT2D eigenvalue weighted by Gasteiger charge is -2.35. The highest BCUT2D eigenvalue weighted by Crippen LogP contribution is 2.35. The van der Waals surface area contributed by atoms with Crippen LogP contribution >= 0.6 is 0 Å². The molecule has 0 unspecified atom stereocenters. The lowest BCUT2D eigenvalue weighted by molar-refractivity contribution is 0.0748. The molecule has 3 heterocycles. The summed E-state index contributed by atoms with van der Waals surface area (Å²) < 4.78 is 2.12. The molecule has 0 bridgehead atoms. The molecule has 1 fully saturated rings. The number of fused-ring (bicyclic) bond motifs is 1. The first-order valence-corrected chi connectivity index (χ1v) is 14.5. The van der Waals surface area contributed by atoms with Crippen molar-refractivity contribution in [3.05, 3.63) is 108 Å². The first kappa shape index (κ1) is 28.0. The Morgan fingerprint density at radius 3 is 2.37 bits per heavy atom. The zero-order chi connectivity index (χ0) is 29.9. The summed E-state index contributed by atoms with van der Waals surface area (Å²) in [5.74, 6) is 0.594. The molecule has 2 aromatic heterocycles. The molecule has 0 saturated carbocycles. The summed E-state index contributed by atoms with van der Waals surface area (Å²) in [4.78, 5) is 39.5. The van der Waals surface area contributed by atoms with Crippen molar-refractivity contribution >= 4 is 28.5 Å². The number of piperazine rings is 1. The van der Waals surface area contributed by atoms with Crippen LogP contribution in [0.4, 0.5) is 5.82 Å². The zero-order valence-electron chi connectivity index (χ0n) is 24.3. The number of anilines is 1. The second kappa shape index (κ2) is 12.0. The maximum atomic E-state index is 14.1. The molecule has 1 aliphatic heterocycles. The predicted molar refractivity (Wildman–Crippen MR) is 167 cm³/mol. The van der Waals surface area contributed by atoms with Crippen molar-refractivity contribution in [1.29, 1.82) is 0 Å². The van der Waals surface area contributed by atoms with E-state index in [1.54, 1.807) is 18.3 Å². The largest absolute Gasteiger partial charge is 0.508 e. The number of aromatic hydroxyl groups is 1. The van der Waals surface area contributed by atoms with Crippen molar-refractivity contribution in [2.24, 2.45) is 7.05 Å². The molecule has 2 N–H and O–H groups in total. The molecule has 0 aliphatic carbocycles. The number of phenolic OH excluding ortho intramolecular Hbond substituents is 1. The van der Waals surface area contributed by atoms with Gasteiger partial charge in [-0.05, 0) is 42.7 Å². The van der Waals surface area contributed by atoms with Crippen molar-refractivity contribution in [3.8, 4) is 17.0 Å². The number of benzene rings is 3. The van der Waals surface area contributed by atoms with Crippen LogP contribution in [0.15, 0.2) is 85.2 Å². The Balaban J connectivity index is 1.12. The van der Waals surface area contributed by atoms with E-state index >= 15 is 0 Å². The minimum absolute atomic E-state index is 0.0247. The maximum Gasteiger partial charge on any atom is 0.271 e. The minimum Gasteiger partial charge on any atom is -0.508 e. The van der Waals surface area contributed by atoms with Gasteiger partial charge < -0.3 is 24.8 Å². The number of hydrogen-bond donors (Lipinski definition) is 2. The molecule has 2 amide bonds. The molecule has 0 spiro atoms. The maximum absolute atomic E-state index is 14.1. The average Bonchev–Trinajstić information content (AvgIpc) is 3.33. The van der Waals surface area contributed by atoms with Gasteiger partial charge in [0.25, 0.3) is 11.8 Å². The number of nitrogens with zero attached hydrogens (tertiary/aromatic N) is 5. The van der Waals surface area contributed by atoms with Gasteiger partial charge in [-0.2, -0.15) is 0 Å². The molecule has 9 nitrogen and oxygen atoms in total. The van der Waals surface area contributed by atoms with Crippen LogP contribution in [0.2, 0.25) is 0 Å². The SMILES string of the molecule is Cc1ccc2c(c1)c(C(=O)N1CCN(c3cnc(C(=O)NCCc4ccccc4O)cn3)CC1)c(-c1ccccc1)n2C. The third-order valence-corrected chi connectivity index (χ3v) is 8.05. The Kier molecular flexibility index (Phi) is 7.79. The minimum atomic E-state index is -0.315. The highest BCUT2D eigenvalue weighted by Gasteiger charge is 2.29. The molecule has 5 aromatic rings. The van der Waals surface area contributed by atoms with Crippen molar-refractivity contribution in [2.45, 2.75) is 13.3 Å². The Morgan fingerprint density at radius 2 is 1.65 bits per heavy atom. The van der Waals surface area contributed by atoms with Crippen LogP contribution in [0.25, 0.3) is 22.2 Å². The number of nitrogens with one attached hydrogen (secondary N) is 1. The Morgan fingerprint density at radius 1 is 0.907 bits per heavy atom. The molecular formula is C34H34N6O3. The van der Waals surface area contributed by atoms with Gasteiger partial charge >= 0.3 is 0 Å². The van der Waals surface area contributed by atoms with Crippen molar-refractivity contribution in [2.75, 3.05) is 37.6 Å². The Hall–Kier alpha value is -5.18. The number of carbonyl (C=O) groups is 2. The number of para-hydroxylation sites is 1. The van der Waals surface area contributed by atoms with Crippen LogP contribution in [-0.4, -0.2) is 69.1 Å². The number of amides is 2. The van der Waals surface area contributed by atoms with Crippen LogP contribution in [0, 0.1) is 6.92 Å². The summed E-state index contributed by atoms with van der Waals surface area (Å²) in [5, 5.41) is 13.7. The summed E-state index contributed by atoms with van der Waals surface area (Å²) in [6.07, 6.45) is 3.60. The number of aryl methyl sites for hydroxylation is 2. The monoisotopic (exact) mass is 574 g/mol. The highest BCUT2D eigenvalue weighted by molar-refractivity contribution is 6.13. The number of rotatable bonds is 7. The standard InChI is InChI=1S/C34H34N6O3/c1-23-12-13-28-26(20-23)31(32(38(28)2)25-9-4-3-5-10-25)34(43)40-18-16-39(17-19-40)30-22-36-27(21-37-30)33(42)35-15-14-24-8-6-7-11-29(24)41/h3-13,20-22,41H,14-19H2,1-2H3,(H,35,42). The second-order valence-corrected chi connectivity index (χ2v) is 10.8. The topological polar surface area (TPSA) is 104 Å². The number of phenols is 1. The van der Waals surface area contributed by atoms with Gasteiger partial charge in [0, 0.05) is 50.7 Å². The van der Waals surface area contributed by atoms with Gasteiger partial charge in [-0.1, -0.05) is 60.2 Å². The van der Waals surface area contributed by atoms with Gasteiger partial charge in [-0.3, -0.25) is 9.59 Å². The van der Waals surface area contributed by atoms with E-state index in [1.807, 2.05) is 61.3 Å². The van der Waals surface area contributed by atoms with Crippen molar-refractivity contribution in [3.63, 3.8) is 0 Å². The summed E-state index contributed by atoms with van der Waals surface area (Å²) in [6.45, 7) is 4.73. The molecule has 1 saturated heterocycles. The van der Waals surface area contributed by atoms with E-state index < -0.39 is 0 Å². The summed E-state index contributed by atoms with van der Waals surface area (Å²) >= 11 is 0. The fraction of sp³-hybridized carbons (Fsp3) is 0.235. The van der Waals surface area contributed by atoms with E-state index in [1.165, 1.54) is 6.20 Å². The van der Waals surface area contributed by atoms with E-state index in [9.17, 15) is 14.7 Å². The first-order valence-electron chi connectivity index (χ1n) is 14.5. The van der Waals surface area contributed by atoms with E-state index in [2.05, 4.69) is 43.0 Å². The van der Waals surface area contributed by atoms with E-state index in [-0.39, 0.29) is 23.3 Å². The third kappa shape index (κ3) is 5.66. The number of carbonyl (C=O) groups excluding carboxylic acids is 2. The molecule has 218 valence electrons. The van der Waals surface area contributed by atoms with E-state index in [0.717, 1.165) is 38.9 Å². The van der Waals surface area contributed by atoms with Gasteiger partial charge in [-0.25, -0.2) is 9.97 Å². The van der Waals surface area contributed by atoms with E-state index in [4.69, 9.17) is 0 Å². The number of hydrogen-bond acceptors (Lipinski definition) is 6. The van der Waals surface area contributed by atoms with E-state index in [0.29, 0.717) is 45.0 Å². The van der Waals surface area contributed by atoms with Crippen molar-refractivity contribution in [1.82, 2.24) is 24.8 Å². The molecular weight excluding hydrogens is 540 g/mol. The quantitative estimate of drug-likeness (QED) is 0.295. The molecule has 6 rings (SSSR count). The number of aromatic nitrogens is 3. The van der Waals surface area contributed by atoms with Crippen LogP contribution in [-0.2, 0) is 13.5 Å². The average molecular weight is 575 g/mol. The van der Waals surface area contributed by atoms with Gasteiger partial charge in [0.1, 0.15) is 17.3 Å². The Labute approximate surface area is 250 Å². The van der Waals surface area contributed by atoms with Gasteiger partial charge in [0.2, 0.25) is 0 Å². The van der Waals surface area contributed by atoms with Crippen LogP contribution in [0.3, 0.4) is 0 Å². The molecule has 1 aliphatic rings.